The SMILES string of the molecule is CC(CCc1ccccc1)c1cc[n+](C)cc1. The summed E-state index contributed by atoms with van der Waals surface area (Å²) in [7, 11) is 2.05. The molecular weight excluding hydrogens is 206 g/mol. The largest absolute Gasteiger partial charge is 0.208 e. The second-order valence-corrected chi connectivity index (χ2v) is 4.72. The summed E-state index contributed by atoms with van der Waals surface area (Å²) in [6.45, 7) is 2.30. The molecule has 1 atom stereocenters. The molecule has 1 heteroatoms. The molecule has 1 aromatic carbocycles. The predicted octanol–water partition coefficient (Wildman–Crippen LogP) is 3.25. The van der Waals surface area contributed by atoms with Gasteiger partial charge in [-0.2, -0.15) is 0 Å². The average Bonchev–Trinajstić information content (AvgIpc) is 2.38. The maximum atomic E-state index is 2.30. The predicted molar refractivity (Wildman–Crippen MR) is 70.8 cm³/mol. The number of benzene rings is 1. The molecule has 0 saturated heterocycles. The molecule has 0 bridgehead atoms. The molecule has 1 unspecified atom stereocenters. The van der Waals surface area contributed by atoms with Gasteiger partial charge in [0.25, 0.3) is 0 Å². The Kier molecular flexibility index (Phi) is 3.92. The van der Waals surface area contributed by atoms with E-state index >= 15 is 0 Å². The van der Waals surface area contributed by atoms with Crippen molar-refractivity contribution in [2.45, 2.75) is 25.7 Å². The summed E-state index contributed by atoms with van der Waals surface area (Å²) in [6, 6.07) is 15.1. The Labute approximate surface area is 104 Å². The Balaban J connectivity index is 1.93. The van der Waals surface area contributed by atoms with E-state index in [1.54, 1.807) is 0 Å². The Hall–Kier alpha value is -1.63. The summed E-state index contributed by atoms with van der Waals surface area (Å²) in [4.78, 5) is 0. The molecule has 0 radical (unpaired) electrons. The molecule has 0 aliphatic rings. The van der Waals surface area contributed by atoms with E-state index in [-0.39, 0.29) is 0 Å². The van der Waals surface area contributed by atoms with E-state index in [1.165, 1.54) is 17.5 Å². The van der Waals surface area contributed by atoms with Gasteiger partial charge in [0.15, 0.2) is 12.4 Å². The van der Waals surface area contributed by atoms with E-state index in [9.17, 15) is 0 Å². The third-order valence-electron chi connectivity index (χ3n) is 3.28. The lowest BCUT2D eigenvalue weighted by Crippen LogP contribution is -2.26. The van der Waals surface area contributed by atoms with Crippen molar-refractivity contribution in [3.63, 3.8) is 0 Å². The highest BCUT2D eigenvalue weighted by Gasteiger charge is 2.06. The lowest BCUT2D eigenvalue weighted by Gasteiger charge is -2.10. The minimum atomic E-state index is 0.622. The molecule has 17 heavy (non-hydrogen) atoms. The second kappa shape index (κ2) is 5.62. The number of hydrogen-bond acceptors (Lipinski definition) is 0. The van der Waals surface area contributed by atoms with Crippen molar-refractivity contribution in [1.29, 1.82) is 0 Å². The molecule has 0 N–H and O–H groups in total. The van der Waals surface area contributed by atoms with E-state index < -0.39 is 0 Å². The minimum absolute atomic E-state index is 0.622. The van der Waals surface area contributed by atoms with Gasteiger partial charge in [-0.25, -0.2) is 4.57 Å². The van der Waals surface area contributed by atoms with Crippen LogP contribution in [0.5, 0.6) is 0 Å². The van der Waals surface area contributed by atoms with Crippen molar-refractivity contribution in [1.82, 2.24) is 0 Å². The fourth-order valence-electron chi connectivity index (χ4n) is 2.04. The van der Waals surface area contributed by atoms with Crippen LogP contribution in [0.1, 0.15) is 30.4 Å². The normalized spacial score (nSPS) is 12.4. The molecule has 0 saturated carbocycles. The fraction of sp³-hybridized carbons (Fsp3) is 0.312. The van der Waals surface area contributed by atoms with Crippen LogP contribution >= 0.6 is 0 Å². The zero-order valence-corrected chi connectivity index (χ0v) is 10.6. The van der Waals surface area contributed by atoms with Crippen LogP contribution < -0.4 is 4.57 Å². The minimum Gasteiger partial charge on any atom is -0.208 e. The summed E-state index contributed by atoms with van der Waals surface area (Å²) in [6.07, 6.45) is 6.60. The molecule has 1 nitrogen and oxygen atoms in total. The third kappa shape index (κ3) is 3.42. The Bertz CT molecular complexity index is 445. The highest BCUT2D eigenvalue weighted by molar-refractivity contribution is 5.17. The van der Waals surface area contributed by atoms with Crippen molar-refractivity contribution in [2.75, 3.05) is 0 Å². The van der Waals surface area contributed by atoms with Crippen molar-refractivity contribution in [3.05, 3.63) is 66.0 Å². The van der Waals surface area contributed by atoms with E-state index in [0.29, 0.717) is 5.92 Å². The number of rotatable bonds is 4. The topological polar surface area (TPSA) is 3.88 Å². The van der Waals surface area contributed by atoms with Gasteiger partial charge in [0.05, 0.1) is 0 Å². The molecule has 0 aliphatic heterocycles. The Morgan fingerprint density at radius 2 is 1.65 bits per heavy atom. The molecule has 0 fully saturated rings. The van der Waals surface area contributed by atoms with Gasteiger partial charge in [-0.1, -0.05) is 37.3 Å². The first-order valence-electron chi connectivity index (χ1n) is 6.25. The van der Waals surface area contributed by atoms with E-state index in [0.717, 1.165) is 6.42 Å². The average molecular weight is 226 g/mol. The Morgan fingerprint density at radius 3 is 2.29 bits per heavy atom. The van der Waals surface area contributed by atoms with Crippen LogP contribution in [0.2, 0.25) is 0 Å². The van der Waals surface area contributed by atoms with E-state index in [4.69, 9.17) is 0 Å². The summed E-state index contributed by atoms with van der Waals surface area (Å²) in [5.74, 6) is 0.622. The van der Waals surface area contributed by atoms with Crippen LogP contribution in [0.15, 0.2) is 54.9 Å². The van der Waals surface area contributed by atoms with Gasteiger partial charge < -0.3 is 0 Å². The second-order valence-electron chi connectivity index (χ2n) is 4.72. The number of hydrogen-bond donors (Lipinski definition) is 0. The molecule has 1 aromatic heterocycles. The molecule has 0 amide bonds. The van der Waals surface area contributed by atoms with Gasteiger partial charge in [0.1, 0.15) is 7.05 Å². The van der Waals surface area contributed by atoms with Crippen LogP contribution in [-0.4, -0.2) is 0 Å². The lowest BCUT2D eigenvalue weighted by molar-refractivity contribution is -0.671. The van der Waals surface area contributed by atoms with Crippen LogP contribution in [0.3, 0.4) is 0 Å². The third-order valence-corrected chi connectivity index (χ3v) is 3.28. The maximum Gasteiger partial charge on any atom is 0.168 e. The molecule has 2 rings (SSSR count). The van der Waals surface area contributed by atoms with Crippen molar-refractivity contribution in [3.8, 4) is 0 Å². The summed E-state index contributed by atoms with van der Waals surface area (Å²) in [5, 5.41) is 0. The van der Waals surface area contributed by atoms with Gasteiger partial charge >= 0.3 is 0 Å². The number of nitrogens with zero attached hydrogens (tertiary/aromatic N) is 1. The van der Waals surface area contributed by atoms with Crippen LogP contribution in [0, 0.1) is 0 Å². The van der Waals surface area contributed by atoms with Crippen molar-refractivity contribution < 1.29 is 4.57 Å². The van der Waals surface area contributed by atoms with Gasteiger partial charge in [-0.05, 0) is 29.9 Å². The van der Waals surface area contributed by atoms with Crippen LogP contribution in [0.25, 0.3) is 0 Å². The standard InChI is InChI=1S/C16H20N/c1-14(16-10-12-17(2)13-11-16)8-9-15-6-4-3-5-7-15/h3-7,10-14H,8-9H2,1-2H3/q+1. The monoisotopic (exact) mass is 226 g/mol. The first kappa shape index (κ1) is 11.8. The van der Waals surface area contributed by atoms with Crippen LogP contribution in [-0.2, 0) is 13.5 Å². The van der Waals surface area contributed by atoms with Crippen molar-refractivity contribution in [2.24, 2.45) is 7.05 Å². The van der Waals surface area contributed by atoms with E-state index in [2.05, 4.69) is 73.4 Å². The molecule has 2 aromatic rings. The quantitative estimate of drug-likeness (QED) is 0.705. The number of pyridine rings is 1. The maximum absolute atomic E-state index is 2.30. The molecule has 0 spiro atoms. The van der Waals surface area contributed by atoms with Gasteiger partial charge in [-0.15, -0.1) is 0 Å². The smallest absolute Gasteiger partial charge is 0.168 e. The van der Waals surface area contributed by atoms with Gasteiger partial charge in [-0.3, -0.25) is 0 Å². The zero-order chi connectivity index (χ0) is 12.1. The van der Waals surface area contributed by atoms with Gasteiger partial charge in [0, 0.05) is 12.1 Å². The van der Waals surface area contributed by atoms with Gasteiger partial charge in [0.2, 0.25) is 0 Å². The number of aryl methyl sites for hydroxylation is 2. The fourth-order valence-corrected chi connectivity index (χ4v) is 2.04. The van der Waals surface area contributed by atoms with Crippen molar-refractivity contribution >= 4 is 0 Å². The number of aromatic nitrogens is 1. The Morgan fingerprint density at radius 1 is 1.00 bits per heavy atom. The summed E-state index contributed by atoms with van der Waals surface area (Å²) >= 11 is 0. The molecular formula is C16H20N+. The zero-order valence-electron chi connectivity index (χ0n) is 10.6. The lowest BCUT2D eigenvalue weighted by atomic mass is 9.95. The summed E-state index contributed by atoms with van der Waals surface area (Å²) < 4.78 is 2.08. The molecule has 88 valence electrons. The molecule has 1 heterocycles. The summed E-state index contributed by atoms with van der Waals surface area (Å²) in [5.41, 5.74) is 2.86. The first-order chi connectivity index (χ1) is 8.25. The highest BCUT2D eigenvalue weighted by Crippen LogP contribution is 2.19. The van der Waals surface area contributed by atoms with Crippen LogP contribution in [0.4, 0.5) is 0 Å². The van der Waals surface area contributed by atoms with E-state index in [1.807, 2.05) is 0 Å². The molecule has 0 aliphatic carbocycles. The first-order valence-corrected chi connectivity index (χ1v) is 6.25. The highest BCUT2D eigenvalue weighted by atomic mass is 14.9.